The van der Waals surface area contributed by atoms with Crippen molar-refractivity contribution in [3.63, 3.8) is 0 Å². The number of hydrogen-bond acceptors (Lipinski definition) is 2. The molecule has 0 aromatic heterocycles. The zero-order valence-corrected chi connectivity index (χ0v) is 11.0. The van der Waals surface area contributed by atoms with Crippen LogP contribution in [0.15, 0.2) is 48.5 Å². The first-order valence-corrected chi connectivity index (χ1v) is 6.46. The molecule has 3 heteroatoms. The Labute approximate surface area is 113 Å². The minimum atomic E-state index is 0.669. The number of rotatable bonds is 5. The predicted molar refractivity (Wildman–Crippen MR) is 79.1 cm³/mol. The van der Waals surface area contributed by atoms with Gasteiger partial charge in [0.05, 0.1) is 11.4 Å². The maximum Gasteiger partial charge on any atom is 0.0574 e. The highest BCUT2D eigenvalue weighted by Crippen LogP contribution is 2.22. The first-order chi connectivity index (χ1) is 8.75. The lowest BCUT2D eigenvalue weighted by molar-refractivity contribution is 0.863. The molecule has 0 atom stereocenters. The zero-order chi connectivity index (χ0) is 12.8. The second kappa shape index (κ2) is 6.31. The Morgan fingerprint density at radius 3 is 2.56 bits per heavy atom. The lowest BCUT2D eigenvalue weighted by Gasteiger charge is -2.09. The van der Waals surface area contributed by atoms with Crippen LogP contribution in [-0.2, 0) is 6.42 Å². The molecule has 0 saturated heterocycles. The molecule has 0 aliphatic carbocycles. The molecule has 0 saturated carbocycles. The lowest BCUT2D eigenvalue weighted by Crippen LogP contribution is -2.05. The van der Waals surface area contributed by atoms with Crippen molar-refractivity contribution >= 4 is 23.0 Å². The molecule has 0 heterocycles. The van der Waals surface area contributed by atoms with Gasteiger partial charge < -0.3 is 11.1 Å². The van der Waals surface area contributed by atoms with Crippen molar-refractivity contribution in [3.8, 4) is 0 Å². The molecule has 2 aromatic rings. The van der Waals surface area contributed by atoms with Crippen LogP contribution in [-0.4, -0.2) is 6.54 Å². The summed E-state index contributed by atoms with van der Waals surface area (Å²) in [5.74, 6) is 0. The number of nitrogen functional groups attached to an aromatic ring is 1. The summed E-state index contributed by atoms with van der Waals surface area (Å²) in [7, 11) is 0. The van der Waals surface area contributed by atoms with Gasteiger partial charge in [-0.2, -0.15) is 0 Å². The molecule has 2 rings (SSSR count). The smallest absolute Gasteiger partial charge is 0.0574 e. The maximum absolute atomic E-state index is 5.87. The third kappa shape index (κ3) is 3.67. The number of nitrogens with one attached hydrogen (secondary N) is 1. The molecule has 0 spiro atoms. The van der Waals surface area contributed by atoms with Crippen molar-refractivity contribution in [2.45, 2.75) is 12.8 Å². The molecule has 3 N–H and O–H groups in total. The summed E-state index contributed by atoms with van der Waals surface area (Å²) in [6, 6.07) is 16.0. The first kappa shape index (κ1) is 12.8. The van der Waals surface area contributed by atoms with Gasteiger partial charge in [0.2, 0.25) is 0 Å². The van der Waals surface area contributed by atoms with Crippen LogP contribution in [0.1, 0.15) is 12.0 Å². The van der Waals surface area contributed by atoms with Gasteiger partial charge in [-0.25, -0.2) is 0 Å². The van der Waals surface area contributed by atoms with E-state index in [9.17, 15) is 0 Å². The monoisotopic (exact) mass is 260 g/mol. The van der Waals surface area contributed by atoms with Gasteiger partial charge in [-0.05, 0) is 36.6 Å². The van der Waals surface area contributed by atoms with E-state index >= 15 is 0 Å². The van der Waals surface area contributed by atoms with E-state index < -0.39 is 0 Å². The molecule has 94 valence electrons. The Balaban J connectivity index is 1.79. The molecular weight excluding hydrogens is 244 g/mol. The average Bonchev–Trinajstić information content (AvgIpc) is 2.38. The second-order valence-corrected chi connectivity index (χ2v) is 4.68. The summed E-state index contributed by atoms with van der Waals surface area (Å²) in [6.45, 7) is 0.903. The van der Waals surface area contributed by atoms with Crippen LogP contribution in [0.3, 0.4) is 0 Å². The highest BCUT2D eigenvalue weighted by atomic mass is 35.5. The topological polar surface area (TPSA) is 38.0 Å². The number of benzene rings is 2. The SMILES string of the molecule is Nc1cc(Cl)ccc1NCCCc1ccccc1. The van der Waals surface area contributed by atoms with E-state index in [-0.39, 0.29) is 0 Å². The Hall–Kier alpha value is -1.67. The molecule has 0 bridgehead atoms. The molecule has 2 nitrogen and oxygen atoms in total. The molecule has 0 fully saturated rings. The second-order valence-electron chi connectivity index (χ2n) is 4.25. The van der Waals surface area contributed by atoms with Gasteiger partial charge in [0.1, 0.15) is 0 Å². The fraction of sp³-hybridized carbons (Fsp3) is 0.200. The van der Waals surface area contributed by atoms with Crippen molar-refractivity contribution < 1.29 is 0 Å². The highest BCUT2D eigenvalue weighted by Gasteiger charge is 1.99. The summed E-state index contributed by atoms with van der Waals surface area (Å²) in [5, 5.41) is 4.00. The van der Waals surface area contributed by atoms with Crippen molar-refractivity contribution in [1.82, 2.24) is 0 Å². The summed E-state index contributed by atoms with van der Waals surface area (Å²) < 4.78 is 0. The third-order valence-electron chi connectivity index (χ3n) is 2.81. The first-order valence-electron chi connectivity index (χ1n) is 6.08. The summed E-state index contributed by atoms with van der Waals surface area (Å²) in [4.78, 5) is 0. The number of hydrogen-bond donors (Lipinski definition) is 2. The molecule has 18 heavy (non-hydrogen) atoms. The molecule has 0 amide bonds. The number of halogens is 1. The largest absolute Gasteiger partial charge is 0.397 e. The molecule has 0 radical (unpaired) electrons. The van der Waals surface area contributed by atoms with Crippen molar-refractivity contribution in [2.24, 2.45) is 0 Å². The lowest BCUT2D eigenvalue weighted by atomic mass is 10.1. The summed E-state index contributed by atoms with van der Waals surface area (Å²) in [6.07, 6.45) is 2.15. The van der Waals surface area contributed by atoms with Gasteiger partial charge in [-0.1, -0.05) is 41.9 Å². The molecule has 0 aliphatic heterocycles. The zero-order valence-electron chi connectivity index (χ0n) is 10.2. The third-order valence-corrected chi connectivity index (χ3v) is 3.05. The van der Waals surface area contributed by atoms with E-state index in [0.717, 1.165) is 25.1 Å². The van der Waals surface area contributed by atoms with E-state index in [1.807, 2.05) is 18.2 Å². The van der Waals surface area contributed by atoms with Crippen LogP contribution in [0.2, 0.25) is 5.02 Å². The fourth-order valence-corrected chi connectivity index (χ4v) is 2.04. The van der Waals surface area contributed by atoms with E-state index in [0.29, 0.717) is 10.7 Å². The Morgan fingerprint density at radius 2 is 1.83 bits per heavy atom. The van der Waals surface area contributed by atoms with Crippen molar-refractivity contribution in [3.05, 3.63) is 59.1 Å². The molecule has 0 aliphatic rings. The summed E-state index contributed by atoms with van der Waals surface area (Å²) >= 11 is 5.85. The standard InChI is InChI=1S/C15H17ClN2/c16-13-8-9-15(14(17)11-13)18-10-4-7-12-5-2-1-3-6-12/h1-3,5-6,8-9,11,18H,4,7,10,17H2. The molecular formula is C15H17ClN2. The Bertz CT molecular complexity index is 497. The van der Waals surface area contributed by atoms with Gasteiger partial charge in [-0.15, -0.1) is 0 Å². The number of anilines is 2. The minimum Gasteiger partial charge on any atom is -0.397 e. The van der Waals surface area contributed by atoms with Crippen molar-refractivity contribution in [1.29, 1.82) is 0 Å². The molecule has 0 unspecified atom stereocenters. The highest BCUT2D eigenvalue weighted by molar-refractivity contribution is 6.31. The van der Waals surface area contributed by atoms with Crippen LogP contribution < -0.4 is 11.1 Å². The van der Waals surface area contributed by atoms with E-state index in [4.69, 9.17) is 17.3 Å². The predicted octanol–water partition coefficient (Wildman–Crippen LogP) is 3.97. The van der Waals surface area contributed by atoms with Crippen LogP contribution in [0, 0.1) is 0 Å². The molecule has 2 aromatic carbocycles. The van der Waals surface area contributed by atoms with E-state index in [1.165, 1.54) is 5.56 Å². The quantitative estimate of drug-likeness (QED) is 0.631. The Morgan fingerprint density at radius 1 is 1.06 bits per heavy atom. The normalized spacial score (nSPS) is 10.3. The van der Waals surface area contributed by atoms with E-state index in [1.54, 1.807) is 6.07 Å². The Kier molecular flexibility index (Phi) is 4.48. The van der Waals surface area contributed by atoms with Crippen LogP contribution in [0.5, 0.6) is 0 Å². The van der Waals surface area contributed by atoms with Crippen molar-refractivity contribution in [2.75, 3.05) is 17.6 Å². The number of aryl methyl sites for hydroxylation is 1. The number of nitrogens with two attached hydrogens (primary N) is 1. The van der Waals surface area contributed by atoms with Gasteiger partial charge in [0, 0.05) is 11.6 Å². The van der Waals surface area contributed by atoms with Gasteiger partial charge in [0.15, 0.2) is 0 Å². The van der Waals surface area contributed by atoms with Crippen LogP contribution in [0.4, 0.5) is 11.4 Å². The minimum absolute atomic E-state index is 0.669. The van der Waals surface area contributed by atoms with Gasteiger partial charge in [-0.3, -0.25) is 0 Å². The fourth-order valence-electron chi connectivity index (χ4n) is 1.85. The summed E-state index contributed by atoms with van der Waals surface area (Å²) in [5.41, 5.74) is 8.88. The average molecular weight is 261 g/mol. The van der Waals surface area contributed by atoms with Gasteiger partial charge >= 0.3 is 0 Å². The maximum atomic E-state index is 5.87. The van der Waals surface area contributed by atoms with Crippen LogP contribution >= 0.6 is 11.6 Å². The van der Waals surface area contributed by atoms with E-state index in [2.05, 4.69) is 29.6 Å². The van der Waals surface area contributed by atoms with Gasteiger partial charge in [0.25, 0.3) is 0 Å². The van der Waals surface area contributed by atoms with Crippen LogP contribution in [0.25, 0.3) is 0 Å².